The van der Waals surface area contributed by atoms with Crippen LogP contribution in [0.3, 0.4) is 0 Å². The van der Waals surface area contributed by atoms with Gasteiger partial charge in [0.25, 0.3) is 0 Å². The van der Waals surface area contributed by atoms with Crippen LogP contribution >= 0.6 is 0 Å². The quantitative estimate of drug-likeness (QED) is 0.460. The van der Waals surface area contributed by atoms with E-state index in [9.17, 15) is 0 Å². The minimum atomic E-state index is 0.705. The van der Waals surface area contributed by atoms with Gasteiger partial charge in [0.1, 0.15) is 0 Å². The predicted octanol–water partition coefficient (Wildman–Crippen LogP) is 5.91. The van der Waals surface area contributed by atoms with Crippen molar-refractivity contribution in [2.45, 2.75) is 48.0 Å². The third kappa shape index (κ3) is 3.51. The lowest BCUT2D eigenvalue weighted by Crippen LogP contribution is -1.98. The zero-order valence-electron chi connectivity index (χ0n) is 18.1. The van der Waals surface area contributed by atoms with Gasteiger partial charge in [0, 0.05) is 29.2 Å². The standard InChI is InChI=1S/C25H28N4/c1-14-16(3)24(26-18(14)5)22-11-7-9-20(28-22)13-21-10-8-12-23(29-21)25-17(4)15(2)19(6)27-25/h7-12,26-27H,13H2,1-6H3. The van der Waals surface area contributed by atoms with Crippen LogP contribution in [0.25, 0.3) is 22.8 Å². The topological polar surface area (TPSA) is 57.4 Å². The summed E-state index contributed by atoms with van der Waals surface area (Å²) in [4.78, 5) is 16.8. The van der Waals surface area contributed by atoms with Gasteiger partial charge in [0.15, 0.2) is 0 Å². The highest BCUT2D eigenvalue weighted by Crippen LogP contribution is 2.27. The van der Waals surface area contributed by atoms with Crippen LogP contribution in [0.4, 0.5) is 0 Å². The highest BCUT2D eigenvalue weighted by atomic mass is 14.8. The van der Waals surface area contributed by atoms with Crippen molar-refractivity contribution in [1.82, 2.24) is 19.9 Å². The second-order valence-corrected chi connectivity index (χ2v) is 7.96. The Hall–Kier alpha value is -3.14. The summed E-state index contributed by atoms with van der Waals surface area (Å²) in [5, 5.41) is 0. The van der Waals surface area contributed by atoms with Gasteiger partial charge < -0.3 is 9.97 Å². The number of nitrogens with one attached hydrogen (secondary N) is 2. The molecule has 0 amide bonds. The monoisotopic (exact) mass is 384 g/mol. The number of aryl methyl sites for hydroxylation is 2. The minimum Gasteiger partial charge on any atom is -0.357 e. The van der Waals surface area contributed by atoms with Gasteiger partial charge in [-0.3, -0.25) is 9.97 Å². The van der Waals surface area contributed by atoms with Crippen molar-refractivity contribution in [2.75, 3.05) is 0 Å². The van der Waals surface area contributed by atoms with Crippen LogP contribution in [0.2, 0.25) is 0 Å². The molecule has 4 nitrogen and oxygen atoms in total. The zero-order chi connectivity index (χ0) is 20.7. The average Bonchev–Trinajstić information content (AvgIpc) is 3.13. The third-order valence-electron chi connectivity index (χ3n) is 6.11. The molecule has 0 atom stereocenters. The molecular weight excluding hydrogens is 356 g/mol. The molecule has 0 saturated carbocycles. The van der Waals surface area contributed by atoms with E-state index in [0.717, 1.165) is 34.2 Å². The molecule has 0 aliphatic rings. The molecule has 0 radical (unpaired) electrons. The van der Waals surface area contributed by atoms with E-state index in [1.54, 1.807) is 0 Å². The first-order chi connectivity index (χ1) is 13.8. The van der Waals surface area contributed by atoms with Crippen LogP contribution in [-0.4, -0.2) is 19.9 Å². The fourth-order valence-electron chi connectivity index (χ4n) is 3.82. The van der Waals surface area contributed by atoms with Gasteiger partial charge in [-0.25, -0.2) is 0 Å². The van der Waals surface area contributed by atoms with Crippen LogP contribution in [0.5, 0.6) is 0 Å². The highest BCUT2D eigenvalue weighted by molar-refractivity contribution is 5.63. The summed E-state index contributed by atoms with van der Waals surface area (Å²) in [5.41, 5.74) is 13.8. The van der Waals surface area contributed by atoms with Gasteiger partial charge in [-0.1, -0.05) is 12.1 Å². The van der Waals surface area contributed by atoms with Crippen LogP contribution in [0.15, 0.2) is 36.4 Å². The van der Waals surface area contributed by atoms with Gasteiger partial charge in [-0.05, 0) is 88.1 Å². The van der Waals surface area contributed by atoms with Crippen molar-refractivity contribution in [2.24, 2.45) is 0 Å². The minimum absolute atomic E-state index is 0.705. The Morgan fingerprint density at radius 2 is 1.00 bits per heavy atom. The summed E-state index contributed by atoms with van der Waals surface area (Å²) in [6, 6.07) is 12.4. The Kier molecular flexibility index (Phi) is 4.87. The number of hydrogen-bond donors (Lipinski definition) is 2. The fourth-order valence-corrected chi connectivity index (χ4v) is 3.82. The van der Waals surface area contributed by atoms with E-state index in [0.29, 0.717) is 6.42 Å². The molecule has 0 aliphatic heterocycles. The molecule has 4 heteroatoms. The average molecular weight is 385 g/mol. The second-order valence-electron chi connectivity index (χ2n) is 7.96. The maximum atomic E-state index is 4.91. The molecule has 4 rings (SSSR count). The molecule has 0 unspecified atom stereocenters. The Balaban J connectivity index is 1.65. The Bertz CT molecular complexity index is 1100. The SMILES string of the molecule is Cc1[nH]c(-c2cccc(Cc3cccc(-c4[nH]c(C)c(C)c4C)n3)n2)c(C)c1C. The van der Waals surface area contributed by atoms with Crippen LogP contribution in [-0.2, 0) is 6.42 Å². The summed E-state index contributed by atoms with van der Waals surface area (Å²) in [6.07, 6.45) is 0.705. The number of rotatable bonds is 4. The summed E-state index contributed by atoms with van der Waals surface area (Å²) in [6.45, 7) is 12.8. The van der Waals surface area contributed by atoms with Gasteiger partial charge in [0.05, 0.1) is 22.8 Å². The molecule has 0 aromatic carbocycles. The van der Waals surface area contributed by atoms with Crippen molar-refractivity contribution >= 4 is 0 Å². The van der Waals surface area contributed by atoms with E-state index in [1.165, 1.54) is 33.6 Å². The maximum absolute atomic E-state index is 4.91. The second kappa shape index (κ2) is 7.36. The van der Waals surface area contributed by atoms with Crippen LogP contribution < -0.4 is 0 Å². The largest absolute Gasteiger partial charge is 0.357 e. The van der Waals surface area contributed by atoms with Gasteiger partial charge >= 0.3 is 0 Å². The zero-order valence-corrected chi connectivity index (χ0v) is 18.1. The smallest absolute Gasteiger partial charge is 0.0870 e. The molecule has 0 saturated heterocycles. The van der Waals surface area contributed by atoms with Crippen molar-refractivity contribution < 1.29 is 0 Å². The van der Waals surface area contributed by atoms with Crippen LogP contribution in [0, 0.1) is 41.5 Å². The summed E-state index contributed by atoms with van der Waals surface area (Å²) >= 11 is 0. The lowest BCUT2D eigenvalue weighted by Gasteiger charge is -2.07. The first-order valence-corrected chi connectivity index (χ1v) is 10.1. The molecule has 0 bridgehead atoms. The van der Waals surface area contributed by atoms with Crippen LogP contribution in [0.1, 0.15) is 45.0 Å². The summed E-state index contributed by atoms with van der Waals surface area (Å²) in [7, 11) is 0. The highest BCUT2D eigenvalue weighted by Gasteiger charge is 2.13. The van der Waals surface area contributed by atoms with Crippen molar-refractivity contribution in [3.05, 3.63) is 81.4 Å². The van der Waals surface area contributed by atoms with E-state index >= 15 is 0 Å². The first kappa shape index (κ1) is 19.2. The number of hydrogen-bond acceptors (Lipinski definition) is 2. The van der Waals surface area contributed by atoms with Gasteiger partial charge in [0.2, 0.25) is 0 Å². The number of aromatic nitrogens is 4. The number of pyridine rings is 2. The van der Waals surface area contributed by atoms with Crippen molar-refractivity contribution in [1.29, 1.82) is 0 Å². The molecule has 2 N–H and O–H groups in total. The maximum Gasteiger partial charge on any atom is 0.0870 e. The number of aromatic amines is 2. The molecule has 4 aromatic rings. The summed E-state index contributed by atoms with van der Waals surface area (Å²) < 4.78 is 0. The molecular formula is C25H28N4. The molecule has 0 spiro atoms. The Morgan fingerprint density at radius 3 is 1.34 bits per heavy atom. The molecule has 4 aromatic heterocycles. The van der Waals surface area contributed by atoms with E-state index in [4.69, 9.17) is 9.97 Å². The van der Waals surface area contributed by atoms with Gasteiger partial charge in [-0.2, -0.15) is 0 Å². The lowest BCUT2D eigenvalue weighted by atomic mass is 10.1. The fraction of sp³-hybridized carbons (Fsp3) is 0.280. The third-order valence-corrected chi connectivity index (χ3v) is 6.11. The van der Waals surface area contributed by atoms with Crippen molar-refractivity contribution in [3.63, 3.8) is 0 Å². The number of nitrogens with zero attached hydrogens (tertiary/aromatic N) is 2. The van der Waals surface area contributed by atoms with Gasteiger partial charge in [-0.15, -0.1) is 0 Å². The Morgan fingerprint density at radius 1 is 0.586 bits per heavy atom. The van der Waals surface area contributed by atoms with E-state index in [1.807, 2.05) is 0 Å². The lowest BCUT2D eigenvalue weighted by molar-refractivity contribution is 1.01. The molecule has 29 heavy (non-hydrogen) atoms. The van der Waals surface area contributed by atoms with E-state index in [-0.39, 0.29) is 0 Å². The van der Waals surface area contributed by atoms with Crippen molar-refractivity contribution in [3.8, 4) is 22.8 Å². The first-order valence-electron chi connectivity index (χ1n) is 10.1. The molecule has 0 fully saturated rings. The Labute approximate surface area is 172 Å². The molecule has 4 heterocycles. The van der Waals surface area contributed by atoms with E-state index < -0.39 is 0 Å². The number of H-pyrrole nitrogens is 2. The molecule has 148 valence electrons. The normalized spacial score (nSPS) is 11.2. The molecule has 0 aliphatic carbocycles. The van der Waals surface area contributed by atoms with E-state index in [2.05, 4.69) is 87.9 Å². The summed E-state index contributed by atoms with van der Waals surface area (Å²) in [5.74, 6) is 0. The predicted molar refractivity (Wildman–Crippen MR) is 119 cm³/mol.